The van der Waals surface area contributed by atoms with Crippen molar-refractivity contribution in [3.05, 3.63) is 35.4 Å². The SMILES string of the molecule is Nc1ccc(C(=O)N2CC=C(C(F)(F)F)CC2)c(N)c1. The van der Waals surface area contributed by atoms with Crippen molar-refractivity contribution in [1.29, 1.82) is 0 Å². The fraction of sp³-hybridized carbons (Fsp3) is 0.308. The molecular weight excluding hydrogens is 271 g/mol. The smallest absolute Gasteiger partial charge is 0.399 e. The zero-order valence-corrected chi connectivity index (χ0v) is 10.6. The fourth-order valence-corrected chi connectivity index (χ4v) is 2.06. The summed E-state index contributed by atoms with van der Waals surface area (Å²) in [5, 5.41) is 0. The normalized spacial score (nSPS) is 15.9. The first-order valence-electron chi connectivity index (χ1n) is 5.99. The summed E-state index contributed by atoms with van der Waals surface area (Å²) in [6.45, 7) is -0.0501. The van der Waals surface area contributed by atoms with Gasteiger partial charge in [0.25, 0.3) is 5.91 Å². The number of carbonyl (C=O) groups is 1. The lowest BCUT2D eigenvalue weighted by molar-refractivity contribution is -0.0957. The van der Waals surface area contributed by atoms with E-state index in [1.165, 1.54) is 23.1 Å². The summed E-state index contributed by atoms with van der Waals surface area (Å²) < 4.78 is 37.5. The molecule has 20 heavy (non-hydrogen) atoms. The number of nitrogens with zero attached hydrogens (tertiary/aromatic N) is 1. The molecule has 0 saturated heterocycles. The van der Waals surface area contributed by atoms with Crippen LogP contribution in [0.3, 0.4) is 0 Å². The quantitative estimate of drug-likeness (QED) is 0.613. The van der Waals surface area contributed by atoms with E-state index in [4.69, 9.17) is 11.5 Å². The van der Waals surface area contributed by atoms with Gasteiger partial charge in [0.2, 0.25) is 0 Å². The highest BCUT2D eigenvalue weighted by Crippen LogP contribution is 2.30. The summed E-state index contributed by atoms with van der Waals surface area (Å²) in [6.07, 6.45) is -3.49. The molecule has 1 amide bonds. The van der Waals surface area contributed by atoms with Gasteiger partial charge in [-0.05, 0) is 24.6 Å². The first-order chi connectivity index (χ1) is 9.29. The number of rotatable bonds is 1. The molecule has 0 bridgehead atoms. The lowest BCUT2D eigenvalue weighted by Gasteiger charge is -2.27. The number of alkyl halides is 3. The predicted molar refractivity (Wildman–Crippen MR) is 69.9 cm³/mol. The van der Waals surface area contributed by atoms with Crippen molar-refractivity contribution < 1.29 is 18.0 Å². The molecular formula is C13H14F3N3O. The van der Waals surface area contributed by atoms with Gasteiger partial charge in [0.05, 0.1) is 5.56 Å². The topological polar surface area (TPSA) is 72.4 Å². The molecule has 4 N–H and O–H groups in total. The Balaban J connectivity index is 2.14. The molecule has 4 nitrogen and oxygen atoms in total. The minimum Gasteiger partial charge on any atom is -0.399 e. The Bertz CT molecular complexity index is 566. The molecule has 1 aliphatic rings. The molecule has 0 spiro atoms. The Morgan fingerprint density at radius 1 is 1.25 bits per heavy atom. The zero-order chi connectivity index (χ0) is 14.9. The van der Waals surface area contributed by atoms with E-state index >= 15 is 0 Å². The first kappa shape index (κ1) is 14.2. The van der Waals surface area contributed by atoms with Crippen LogP contribution in [0, 0.1) is 0 Å². The number of nitrogen functional groups attached to an aromatic ring is 2. The first-order valence-corrected chi connectivity index (χ1v) is 5.99. The van der Waals surface area contributed by atoms with Gasteiger partial charge in [-0.1, -0.05) is 6.08 Å². The van der Waals surface area contributed by atoms with E-state index in [2.05, 4.69) is 0 Å². The Hall–Kier alpha value is -2.18. The van der Waals surface area contributed by atoms with E-state index in [0.29, 0.717) is 5.69 Å². The summed E-state index contributed by atoms with van der Waals surface area (Å²) in [6, 6.07) is 4.47. The van der Waals surface area contributed by atoms with Gasteiger partial charge in [-0.25, -0.2) is 0 Å². The summed E-state index contributed by atoms with van der Waals surface area (Å²) in [5.41, 5.74) is 11.5. The van der Waals surface area contributed by atoms with E-state index in [-0.39, 0.29) is 36.7 Å². The van der Waals surface area contributed by atoms with Crippen LogP contribution in [0.2, 0.25) is 0 Å². The second kappa shape index (κ2) is 5.07. The number of amides is 1. The van der Waals surface area contributed by atoms with Gasteiger partial charge in [-0.2, -0.15) is 13.2 Å². The molecule has 108 valence electrons. The molecule has 1 aromatic carbocycles. The van der Waals surface area contributed by atoms with E-state index < -0.39 is 11.7 Å². The maximum absolute atomic E-state index is 12.5. The van der Waals surface area contributed by atoms with Crippen LogP contribution < -0.4 is 11.5 Å². The summed E-state index contributed by atoms with van der Waals surface area (Å²) >= 11 is 0. The lowest BCUT2D eigenvalue weighted by atomic mass is 10.1. The Morgan fingerprint density at radius 3 is 2.45 bits per heavy atom. The highest BCUT2D eigenvalue weighted by molar-refractivity contribution is 5.99. The van der Waals surface area contributed by atoms with Gasteiger partial charge in [0, 0.05) is 30.0 Å². The number of hydrogen-bond acceptors (Lipinski definition) is 3. The van der Waals surface area contributed by atoms with Gasteiger partial charge < -0.3 is 16.4 Å². The van der Waals surface area contributed by atoms with Crippen LogP contribution in [0.4, 0.5) is 24.5 Å². The van der Waals surface area contributed by atoms with Crippen molar-refractivity contribution in [2.24, 2.45) is 0 Å². The largest absolute Gasteiger partial charge is 0.412 e. The van der Waals surface area contributed by atoms with Crippen LogP contribution in [0.25, 0.3) is 0 Å². The number of benzene rings is 1. The van der Waals surface area contributed by atoms with Gasteiger partial charge in [0.15, 0.2) is 0 Å². The third-order valence-electron chi connectivity index (χ3n) is 3.17. The third-order valence-corrected chi connectivity index (χ3v) is 3.17. The monoisotopic (exact) mass is 285 g/mol. The molecule has 0 radical (unpaired) electrons. The van der Waals surface area contributed by atoms with Crippen LogP contribution in [0.15, 0.2) is 29.8 Å². The number of nitrogens with two attached hydrogens (primary N) is 2. The van der Waals surface area contributed by atoms with Gasteiger partial charge in [-0.3, -0.25) is 4.79 Å². The molecule has 7 heteroatoms. The van der Waals surface area contributed by atoms with Crippen molar-refractivity contribution in [3.63, 3.8) is 0 Å². The van der Waals surface area contributed by atoms with Crippen LogP contribution in [-0.2, 0) is 0 Å². The maximum atomic E-state index is 12.5. The lowest BCUT2D eigenvalue weighted by Crippen LogP contribution is -2.37. The van der Waals surface area contributed by atoms with Crippen LogP contribution >= 0.6 is 0 Å². The molecule has 0 saturated carbocycles. The maximum Gasteiger partial charge on any atom is 0.412 e. The molecule has 1 aromatic rings. The summed E-state index contributed by atoms with van der Waals surface area (Å²) in [7, 11) is 0. The molecule has 2 rings (SSSR count). The minimum absolute atomic E-state index is 0.0218. The van der Waals surface area contributed by atoms with E-state index in [1.54, 1.807) is 0 Å². The molecule has 0 atom stereocenters. The van der Waals surface area contributed by atoms with Crippen LogP contribution in [0.5, 0.6) is 0 Å². The number of anilines is 2. The third kappa shape index (κ3) is 2.87. The van der Waals surface area contributed by atoms with E-state index in [1.807, 2.05) is 0 Å². The Labute approximate surface area is 113 Å². The van der Waals surface area contributed by atoms with Gasteiger partial charge >= 0.3 is 6.18 Å². The Morgan fingerprint density at radius 2 is 1.95 bits per heavy atom. The highest BCUT2D eigenvalue weighted by Gasteiger charge is 2.35. The fourth-order valence-electron chi connectivity index (χ4n) is 2.06. The molecule has 1 aliphatic heterocycles. The standard InChI is InChI=1S/C13H14F3N3O/c14-13(15,16)8-3-5-19(6-4-8)12(20)10-2-1-9(17)7-11(10)18/h1-3,7H,4-6,17-18H2. The van der Waals surface area contributed by atoms with Crippen LogP contribution in [0.1, 0.15) is 16.8 Å². The molecule has 0 aromatic heterocycles. The van der Waals surface area contributed by atoms with Crippen molar-refractivity contribution >= 4 is 17.3 Å². The number of carbonyl (C=O) groups excluding carboxylic acids is 1. The minimum atomic E-state index is -4.32. The van der Waals surface area contributed by atoms with Crippen molar-refractivity contribution in [2.45, 2.75) is 12.6 Å². The zero-order valence-electron chi connectivity index (χ0n) is 10.6. The molecule has 0 unspecified atom stereocenters. The summed E-state index contributed by atoms with van der Waals surface area (Å²) in [4.78, 5) is 13.5. The van der Waals surface area contributed by atoms with E-state index in [9.17, 15) is 18.0 Å². The van der Waals surface area contributed by atoms with Crippen molar-refractivity contribution in [1.82, 2.24) is 4.90 Å². The number of hydrogen-bond donors (Lipinski definition) is 2. The van der Waals surface area contributed by atoms with Crippen molar-refractivity contribution in [3.8, 4) is 0 Å². The second-order valence-electron chi connectivity index (χ2n) is 4.57. The van der Waals surface area contributed by atoms with Gasteiger partial charge in [0.1, 0.15) is 0 Å². The Kier molecular flexibility index (Phi) is 3.61. The molecule has 1 heterocycles. The average Bonchev–Trinajstić information content (AvgIpc) is 2.37. The van der Waals surface area contributed by atoms with E-state index in [0.717, 1.165) is 6.08 Å². The average molecular weight is 285 g/mol. The van der Waals surface area contributed by atoms with Crippen molar-refractivity contribution in [2.75, 3.05) is 24.6 Å². The van der Waals surface area contributed by atoms with Gasteiger partial charge in [-0.15, -0.1) is 0 Å². The predicted octanol–water partition coefficient (Wildman–Crippen LogP) is 2.19. The molecule has 0 fully saturated rings. The summed E-state index contributed by atoms with van der Waals surface area (Å²) in [5.74, 6) is -0.389. The highest BCUT2D eigenvalue weighted by atomic mass is 19.4. The number of halogens is 3. The molecule has 0 aliphatic carbocycles. The second-order valence-corrected chi connectivity index (χ2v) is 4.57. The van der Waals surface area contributed by atoms with Crippen LogP contribution in [-0.4, -0.2) is 30.1 Å².